The highest BCUT2D eigenvalue weighted by atomic mass is 32.1. The Morgan fingerprint density at radius 1 is 1.56 bits per heavy atom. The fourth-order valence-electron chi connectivity index (χ4n) is 1.20. The zero-order valence-corrected chi connectivity index (χ0v) is 9.28. The Bertz CT molecular complexity index is 524. The van der Waals surface area contributed by atoms with Crippen LogP contribution in [0.5, 0.6) is 0 Å². The minimum absolute atomic E-state index is 0.0721. The SMILES string of the molecule is CNc1cc(-c2nc(C(=O)O)cs2)ccn1. The van der Waals surface area contributed by atoms with Crippen LogP contribution in [0.3, 0.4) is 0 Å². The smallest absolute Gasteiger partial charge is 0.355 e. The molecule has 6 heteroatoms. The summed E-state index contributed by atoms with van der Waals surface area (Å²) in [5.74, 6) is -0.282. The van der Waals surface area contributed by atoms with E-state index in [9.17, 15) is 4.79 Å². The normalized spacial score (nSPS) is 10.1. The van der Waals surface area contributed by atoms with Gasteiger partial charge < -0.3 is 10.4 Å². The molecule has 82 valence electrons. The summed E-state index contributed by atoms with van der Waals surface area (Å²) in [7, 11) is 1.77. The number of hydrogen-bond donors (Lipinski definition) is 2. The van der Waals surface area contributed by atoms with Gasteiger partial charge in [0.15, 0.2) is 5.69 Å². The van der Waals surface area contributed by atoms with Crippen LogP contribution in [0.15, 0.2) is 23.7 Å². The minimum atomic E-state index is -1.01. The third kappa shape index (κ3) is 2.01. The van der Waals surface area contributed by atoms with Crippen molar-refractivity contribution < 1.29 is 9.90 Å². The average Bonchev–Trinajstić information content (AvgIpc) is 2.78. The molecule has 2 rings (SSSR count). The number of rotatable bonds is 3. The van der Waals surface area contributed by atoms with Gasteiger partial charge in [-0.15, -0.1) is 11.3 Å². The molecule has 0 fully saturated rings. The Morgan fingerprint density at radius 3 is 3.00 bits per heavy atom. The van der Waals surface area contributed by atoms with E-state index in [2.05, 4.69) is 15.3 Å². The molecule has 2 aromatic rings. The molecule has 0 aliphatic rings. The molecule has 0 amide bonds. The number of carbonyl (C=O) groups is 1. The quantitative estimate of drug-likeness (QED) is 0.850. The van der Waals surface area contributed by atoms with Gasteiger partial charge in [-0.2, -0.15) is 0 Å². The fourth-order valence-corrected chi connectivity index (χ4v) is 2.00. The maximum absolute atomic E-state index is 10.7. The third-order valence-corrected chi connectivity index (χ3v) is 2.88. The summed E-state index contributed by atoms with van der Waals surface area (Å²) < 4.78 is 0. The van der Waals surface area contributed by atoms with Crippen LogP contribution in [0.4, 0.5) is 5.82 Å². The van der Waals surface area contributed by atoms with Crippen molar-refractivity contribution in [1.29, 1.82) is 0 Å². The molecule has 16 heavy (non-hydrogen) atoms. The van der Waals surface area contributed by atoms with Crippen LogP contribution in [0.25, 0.3) is 10.6 Å². The lowest BCUT2D eigenvalue weighted by Crippen LogP contribution is -1.96. The summed E-state index contributed by atoms with van der Waals surface area (Å²) in [6, 6.07) is 3.62. The van der Waals surface area contributed by atoms with Crippen LogP contribution in [-0.4, -0.2) is 28.1 Å². The number of nitrogens with one attached hydrogen (secondary N) is 1. The Labute approximate surface area is 95.8 Å². The molecule has 0 aromatic carbocycles. The number of carboxylic acid groups (broad SMARTS) is 1. The van der Waals surface area contributed by atoms with Crippen molar-refractivity contribution in [3.63, 3.8) is 0 Å². The van der Waals surface area contributed by atoms with E-state index in [0.717, 1.165) is 11.4 Å². The molecule has 0 spiro atoms. The molecule has 5 nitrogen and oxygen atoms in total. The number of thiazole rings is 1. The summed E-state index contributed by atoms with van der Waals surface area (Å²) >= 11 is 1.30. The summed E-state index contributed by atoms with van der Waals surface area (Å²) in [6.07, 6.45) is 1.66. The van der Waals surface area contributed by atoms with Gasteiger partial charge in [0, 0.05) is 24.2 Å². The maximum atomic E-state index is 10.7. The predicted octanol–water partition coefficient (Wildman–Crippen LogP) is 1.94. The lowest BCUT2D eigenvalue weighted by Gasteiger charge is -2.00. The number of carboxylic acids is 1. The van der Waals surface area contributed by atoms with Crippen LogP contribution < -0.4 is 5.32 Å². The molecule has 0 bridgehead atoms. The average molecular weight is 235 g/mol. The van der Waals surface area contributed by atoms with E-state index < -0.39 is 5.97 Å². The molecule has 2 N–H and O–H groups in total. The van der Waals surface area contributed by atoms with Crippen molar-refractivity contribution in [1.82, 2.24) is 9.97 Å². The number of pyridine rings is 1. The molecule has 2 aromatic heterocycles. The molecule has 0 saturated carbocycles. The highest BCUT2D eigenvalue weighted by Crippen LogP contribution is 2.24. The lowest BCUT2D eigenvalue weighted by atomic mass is 10.3. The third-order valence-electron chi connectivity index (χ3n) is 1.99. The van der Waals surface area contributed by atoms with E-state index in [1.165, 1.54) is 16.7 Å². The van der Waals surface area contributed by atoms with Crippen molar-refractivity contribution in [2.24, 2.45) is 0 Å². The summed E-state index contributed by atoms with van der Waals surface area (Å²) in [6.45, 7) is 0. The standard InChI is InChI=1S/C10H9N3O2S/c1-11-8-4-6(2-3-12-8)9-13-7(5-16-9)10(14)15/h2-5H,1H3,(H,11,12)(H,14,15). The molecule has 0 aliphatic carbocycles. The molecular weight excluding hydrogens is 226 g/mol. The van der Waals surface area contributed by atoms with Gasteiger partial charge in [0.1, 0.15) is 10.8 Å². The number of nitrogens with zero attached hydrogens (tertiary/aromatic N) is 2. The highest BCUT2D eigenvalue weighted by Gasteiger charge is 2.10. The van der Waals surface area contributed by atoms with E-state index >= 15 is 0 Å². The maximum Gasteiger partial charge on any atom is 0.355 e. The van der Waals surface area contributed by atoms with Crippen molar-refractivity contribution in [3.05, 3.63) is 29.4 Å². The predicted molar refractivity (Wildman–Crippen MR) is 61.9 cm³/mol. The van der Waals surface area contributed by atoms with Crippen molar-refractivity contribution in [3.8, 4) is 10.6 Å². The highest BCUT2D eigenvalue weighted by molar-refractivity contribution is 7.13. The van der Waals surface area contributed by atoms with Crippen molar-refractivity contribution in [2.45, 2.75) is 0 Å². The number of anilines is 1. The summed E-state index contributed by atoms with van der Waals surface area (Å²) in [5, 5.41) is 13.9. The second-order valence-electron chi connectivity index (χ2n) is 3.02. The number of aromatic carboxylic acids is 1. The topological polar surface area (TPSA) is 75.1 Å². The Kier molecular flexibility index (Phi) is 2.82. The van der Waals surface area contributed by atoms with Crippen LogP contribution >= 0.6 is 11.3 Å². The summed E-state index contributed by atoms with van der Waals surface area (Å²) in [5.41, 5.74) is 0.930. The molecule has 0 saturated heterocycles. The second kappa shape index (κ2) is 4.28. The van der Waals surface area contributed by atoms with Gasteiger partial charge in [0.25, 0.3) is 0 Å². The molecule has 0 unspecified atom stereocenters. The Balaban J connectivity index is 2.38. The van der Waals surface area contributed by atoms with Crippen molar-refractivity contribution in [2.75, 3.05) is 12.4 Å². The molecule has 0 radical (unpaired) electrons. The fraction of sp³-hybridized carbons (Fsp3) is 0.100. The van der Waals surface area contributed by atoms with Gasteiger partial charge in [-0.3, -0.25) is 0 Å². The van der Waals surface area contributed by atoms with Gasteiger partial charge in [0.2, 0.25) is 0 Å². The van der Waals surface area contributed by atoms with Crippen LogP contribution in [0.2, 0.25) is 0 Å². The van der Waals surface area contributed by atoms with Gasteiger partial charge in [0.05, 0.1) is 0 Å². The van der Waals surface area contributed by atoms with Gasteiger partial charge in [-0.1, -0.05) is 0 Å². The van der Waals surface area contributed by atoms with Crippen LogP contribution in [0, 0.1) is 0 Å². The molecular formula is C10H9N3O2S. The second-order valence-corrected chi connectivity index (χ2v) is 3.88. The minimum Gasteiger partial charge on any atom is -0.476 e. The zero-order chi connectivity index (χ0) is 11.5. The van der Waals surface area contributed by atoms with E-state index in [-0.39, 0.29) is 5.69 Å². The van der Waals surface area contributed by atoms with Crippen LogP contribution in [-0.2, 0) is 0 Å². The number of hydrogen-bond acceptors (Lipinski definition) is 5. The summed E-state index contributed by atoms with van der Waals surface area (Å²) in [4.78, 5) is 18.8. The Hall–Kier alpha value is -1.95. The molecule has 2 heterocycles. The van der Waals surface area contributed by atoms with E-state index in [4.69, 9.17) is 5.11 Å². The van der Waals surface area contributed by atoms with E-state index in [1.807, 2.05) is 6.07 Å². The van der Waals surface area contributed by atoms with Crippen LogP contribution in [0.1, 0.15) is 10.5 Å². The first-order valence-electron chi connectivity index (χ1n) is 4.53. The Morgan fingerprint density at radius 2 is 2.38 bits per heavy atom. The number of aromatic nitrogens is 2. The molecule has 0 aliphatic heterocycles. The van der Waals surface area contributed by atoms with Gasteiger partial charge >= 0.3 is 5.97 Å². The van der Waals surface area contributed by atoms with E-state index in [0.29, 0.717) is 5.01 Å². The monoisotopic (exact) mass is 235 g/mol. The molecule has 0 atom stereocenters. The van der Waals surface area contributed by atoms with Gasteiger partial charge in [-0.05, 0) is 12.1 Å². The first-order valence-corrected chi connectivity index (χ1v) is 5.41. The first-order chi connectivity index (χ1) is 7.70. The lowest BCUT2D eigenvalue weighted by molar-refractivity contribution is 0.0691. The van der Waals surface area contributed by atoms with Crippen molar-refractivity contribution >= 4 is 23.1 Å². The van der Waals surface area contributed by atoms with Gasteiger partial charge in [-0.25, -0.2) is 14.8 Å². The zero-order valence-electron chi connectivity index (χ0n) is 8.47. The van der Waals surface area contributed by atoms with E-state index in [1.54, 1.807) is 19.3 Å². The largest absolute Gasteiger partial charge is 0.476 e. The first kappa shape index (κ1) is 10.6.